The minimum Gasteiger partial charge on any atom is -0.493 e. The Bertz CT molecular complexity index is 1150. The van der Waals surface area contributed by atoms with Gasteiger partial charge in [-0.25, -0.2) is 0 Å². The summed E-state index contributed by atoms with van der Waals surface area (Å²) in [5.41, 5.74) is 7.22. The Morgan fingerprint density at radius 1 is 1.12 bits per heavy atom. The normalized spacial score (nSPS) is 14.6. The zero-order valence-corrected chi connectivity index (χ0v) is 16.4. The Morgan fingerprint density at radius 3 is 2.65 bits per heavy atom. The quantitative estimate of drug-likeness (QED) is 0.536. The van der Waals surface area contributed by atoms with Crippen LogP contribution in [-0.2, 0) is 0 Å². The molecule has 0 unspecified atom stereocenters. The molecule has 0 amide bonds. The second-order valence-electron chi connectivity index (χ2n) is 6.45. The van der Waals surface area contributed by atoms with Gasteiger partial charge in [-0.05, 0) is 62.8 Å². The number of nitrogens with zero attached hydrogens (tertiary/aromatic N) is 2. The van der Waals surface area contributed by atoms with Crippen molar-refractivity contribution in [3.63, 3.8) is 0 Å². The van der Waals surface area contributed by atoms with Crippen LogP contribution in [0.3, 0.4) is 0 Å². The molecule has 5 heteroatoms. The van der Waals surface area contributed by atoms with Gasteiger partial charge in [0.05, 0.1) is 16.3 Å². The predicted molar refractivity (Wildman–Crippen MR) is 113 cm³/mol. The van der Waals surface area contributed by atoms with Gasteiger partial charge in [-0.3, -0.25) is 9.56 Å². The molecule has 0 bridgehead atoms. The SMILES string of the molecule is CC1=Nc2ccc(C)cc2/C1=C\c1sc(=S)n(-c2ccccc2C)c1O. The van der Waals surface area contributed by atoms with Gasteiger partial charge in [-0.1, -0.05) is 29.8 Å². The third-order valence-electron chi connectivity index (χ3n) is 4.56. The largest absolute Gasteiger partial charge is 0.493 e. The first-order valence-corrected chi connectivity index (χ1v) is 9.57. The number of aryl methyl sites for hydroxylation is 2. The van der Waals surface area contributed by atoms with E-state index in [2.05, 4.69) is 24.0 Å². The van der Waals surface area contributed by atoms with Crippen molar-refractivity contribution in [3.8, 4) is 11.6 Å². The van der Waals surface area contributed by atoms with E-state index in [0.29, 0.717) is 3.95 Å². The molecule has 0 aliphatic carbocycles. The summed E-state index contributed by atoms with van der Waals surface area (Å²) in [6.45, 7) is 6.08. The summed E-state index contributed by atoms with van der Waals surface area (Å²) >= 11 is 6.94. The lowest BCUT2D eigenvalue weighted by Crippen LogP contribution is -1.96. The van der Waals surface area contributed by atoms with E-state index in [4.69, 9.17) is 12.2 Å². The third-order valence-corrected chi connectivity index (χ3v) is 5.87. The standard InChI is InChI=1S/C21H18N2OS2/c1-12-8-9-17-16(10-12)15(14(3)22-17)11-19-20(24)23(21(25)26-19)18-7-5-4-6-13(18)2/h4-11,24H,1-3H3/b15-11-. The topological polar surface area (TPSA) is 37.5 Å². The Hall–Kier alpha value is -2.50. The number of thiazole rings is 1. The minimum absolute atomic E-state index is 0.177. The molecular formula is C21H18N2OS2. The van der Waals surface area contributed by atoms with Crippen LogP contribution in [0.5, 0.6) is 5.88 Å². The summed E-state index contributed by atoms with van der Waals surface area (Å²) in [4.78, 5) is 5.39. The lowest BCUT2D eigenvalue weighted by Gasteiger charge is -2.08. The third kappa shape index (κ3) is 2.73. The van der Waals surface area contributed by atoms with Crippen molar-refractivity contribution in [2.24, 2.45) is 4.99 Å². The summed E-state index contributed by atoms with van der Waals surface area (Å²) in [5, 5.41) is 10.9. The smallest absolute Gasteiger partial charge is 0.215 e. The number of benzene rings is 2. The highest BCUT2D eigenvalue weighted by atomic mass is 32.1. The van der Waals surface area contributed by atoms with Crippen LogP contribution < -0.4 is 0 Å². The maximum atomic E-state index is 10.9. The molecule has 26 heavy (non-hydrogen) atoms. The minimum atomic E-state index is 0.177. The van der Waals surface area contributed by atoms with Crippen LogP contribution in [0.4, 0.5) is 5.69 Å². The molecule has 3 aromatic rings. The van der Waals surface area contributed by atoms with Gasteiger partial charge in [-0.2, -0.15) is 0 Å². The first-order chi connectivity index (χ1) is 12.5. The van der Waals surface area contributed by atoms with Gasteiger partial charge in [0.1, 0.15) is 0 Å². The average Bonchev–Trinajstić information content (AvgIpc) is 3.05. The molecule has 2 heterocycles. The number of allylic oxidation sites excluding steroid dienone is 1. The summed E-state index contributed by atoms with van der Waals surface area (Å²) < 4.78 is 2.36. The van der Waals surface area contributed by atoms with Crippen molar-refractivity contribution in [3.05, 3.63) is 68.0 Å². The number of rotatable bonds is 2. The number of hydrogen-bond donors (Lipinski definition) is 1. The number of para-hydroxylation sites is 1. The van der Waals surface area contributed by atoms with E-state index in [9.17, 15) is 5.11 Å². The molecule has 2 aromatic carbocycles. The molecule has 1 aliphatic rings. The number of aromatic nitrogens is 1. The predicted octanol–water partition coefficient (Wildman–Crippen LogP) is 6.24. The fourth-order valence-electron chi connectivity index (χ4n) is 3.21. The summed E-state index contributed by atoms with van der Waals surface area (Å²) in [5.74, 6) is 0.177. The molecule has 1 aromatic heterocycles. The van der Waals surface area contributed by atoms with Crippen LogP contribution in [0.1, 0.15) is 28.5 Å². The van der Waals surface area contributed by atoms with Crippen LogP contribution in [-0.4, -0.2) is 15.4 Å². The van der Waals surface area contributed by atoms with Crippen molar-refractivity contribution in [1.82, 2.24) is 4.57 Å². The van der Waals surface area contributed by atoms with E-state index in [1.807, 2.05) is 50.3 Å². The molecule has 3 nitrogen and oxygen atoms in total. The fourth-order valence-corrected chi connectivity index (χ4v) is 4.49. The zero-order valence-electron chi connectivity index (χ0n) is 14.8. The fraction of sp³-hybridized carbons (Fsp3) is 0.143. The number of aromatic hydroxyl groups is 1. The van der Waals surface area contributed by atoms with Crippen molar-refractivity contribution < 1.29 is 5.11 Å². The number of fused-ring (bicyclic) bond motifs is 1. The molecule has 0 atom stereocenters. The molecule has 1 N–H and O–H groups in total. The van der Waals surface area contributed by atoms with Gasteiger partial charge in [0.2, 0.25) is 5.88 Å². The van der Waals surface area contributed by atoms with Gasteiger partial charge < -0.3 is 5.11 Å². The Balaban J connectivity index is 1.87. The molecular weight excluding hydrogens is 360 g/mol. The summed E-state index contributed by atoms with van der Waals surface area (Å²) in [6, 6.07) is 14.1. The van der Waals surface area contributed by atoms with E-state index in [0.717, 1.165) is 38.7 Å². The maximum absolute atomic E-state index is 10.9. The Kier molecular flexibility index (Phi) is 4.13. The van der Waals surface area contributed by atoms with Crippen molar-refractivity contribution in [2.45, 2.75) is 20.8 Å². The molecule has 4 rings (SSSR count). The number of hydrogen-bond acceptors (Lipinski definition) is 4. The average molecular weight is 379 g/mol. The molecule has 130 valence electrons. The summed E-state index contributed by atoms with van der Waals surface area (Å²) in [7, 11) is 0. The van der Waals surface area contributed by atoms with Gasteiger partial charge in [0.25, 0.3) is 0 Å². The first kappa shape index (κ1) is 16.9. The van der Waals surface area contributed by atoms with E-state index in [1.54, 1.807) is 4.57 Å². The van der Waals surface area contributed by atoms with Crippen molar-refractivity contribution in [1.29, 1.82) is 0 Å². The Labute approximate surface area is 161 Å². The second-order valence-corrected chi connectivity index (χ2v) is 8.13. The van der Waals surface area contributed by atoms with E-state index < -0.39 is 0 Å². The Morgan fingerprint density at radius 2 is 1.88 bits per heavy atom. The molecule has 0 saturated heterocycles. The van der Waals surface area contributed by atoms with Crippen LogP contribution in [0.25, 0.3) is 17.3 Å². The van der Waals surface area contributed by atoms with Crippen LogP contribution in [0, 0.1) is 17.8 Å². The highest BCUT2D eigenvalue weighted by Gasteiger charge is 2.20. The second kappa shape index (κ2) is 6.34. The van der Waals surface area contributed by atoms with Gasteiger partial charge >= 0.3 is 0 Å². The monoisotopic (exact) mass is 378 g/mol. The lowest BCUT2D eigenvalue weighted by molar-refractivity contribution is 0.441. The molecule has 0 saturated carbocycles. The van der Waals surface area contributed by atoms with E-state index in [1.165, 1.54) is 16.9 Å². The highest BCUT2D eigenvalue weighted by molar-refractivity contribution is 7.73. The van der Waals surface area contributed by atoms with Crippen molar-refractivity contribution >= 4 is 46.6 Å². The van der Waals surface area contributed by atoms with Gasteiger partial charge in [0.15, 0.2) is 3.95 Å². The molecule has 0 fully saturated rings. The molecule has 0 radical (unpaired) electrons. The maximum Gasteiger partial charge on any atom is 0.215 e. The zero-order chi connectivity index (χ0) is 18.4. The highest BCUT2D eigenvalue weighted by Crippen LogP contribution is 2.39. The van der Waals surface area contributed by atoms with Gasteiger partial charge in [-0.15, -0.1) is 11.3 Å². The summed E-state index contributed by atoms with van der Waals surface area (Å²) in [6.07, 6.45) is 1.99. The number of aliphatic imine (C=N–C) groups is 1. The first-order valence-electron chi connectivity index (χ1n) is 8.35. The van der Waals surface area contributed by atoms with E-state index >= 15 is 0 Å². The van der Waals surface area contributed by atoms with Crippen LogP contribution in [0.15, 0.2) is 47.5 Å². The van der Waals surface area contributed by atoms with Crippen LogP contribution in [0.2, 0.25) is 0 Å². The lowest BCUT2D eigenvalue weighted by atomic mass is 10.0. The van der Waals surface area contributed by atoms with E-state index in [-0.39, 0.29) is 5.88 Å². The van der Waals surface area contributed by atoms with Crippen LogP contribution >= 0.6 is 23.6 Å². The molecule has 1 aliphatic heterocycles. The van der Waals surface area contributed by atoms with Crippen molar-refractivity contribution in [2.75, 3.05) is 0 Å². The van der Waals surface area contributed by atoms with Gasteiger partial charge in [0, 0.05) is 16.8 Å². The molecule has 0 spiro atoms.